The zero-order valence-electron chi connectivity index (χ0n) is 14.8. The second-order valence-corrected chi connectivity index (χ2v) is 5.69. The van der Waals surface area contributed by atoms with E-state index in [-0.39, 0.29) is 11.7 Å². The second kappa shape index (κ2) is 8.57. The third-order valence-electron chi connectivity index (χ3n) is 3.73. The number of hydrogen-bond donors (Lipinski definition) is 3. The van der Waals surface area contributed by atoms with E-state index >= 15 is 0 Å². The average molecular weight is 364 g/mol. The van der Waals surface area contributed by atoms with Gasteiger partial charge in [0.2, 0.25) is 0 Å². The van der Waals surface area contributed by atoms with Crippen molar-refractivity contribution in [3.63, 3.8) is 0 Å². The molecular formula is C20H20N4O3. The lowest BCUT2D eigenvalue weighted by Crippen LogP contribution is -2.22. The SMILES string of the molecule is COc1cccc(NC(N)=NCc2ccc(NC(=O)c3ccco3)cc2)c1. The Labute approximate surface area is 156 Å². The number of aliphatic imine (C=N–C) groups is 1. The van der Waals surface area contributed by atoms with Gasteiger partial charge in [0.25, 0.3) is 5.91 Å². The molecule has 3 aromatic rings. The zero-order chi connectivity index (χ0) is 19.1. The Bertz CT molecular complexity index is 919. The molecule has 0 aliphatic carbocycles. The van der Waals surface area contributed by atoms with Gasteiger partial charge in [-0.05, 0) is 42.0 Å². The predicted octanol–water partition coefficient (Wildman–Crippen LogP) is 3.47. The van der Waals surface area contributed by atoms with E-state index < -0.39 is 0 Å². The number of guanidine groups is 1. The summed E-state index contributed by atoms with van der Waals surface area (Å²) in [5.74, 6) is 1.01. The van der Waals surface area contributed by atoms with Crippen LogP contribution in [0.5, 0.6) is 5.75 Å². The Morgan fingerprint density at radius 3 is 2.59 bits per heavy atom. The highest BCUT2D eigenvalue weighted by Gasteiger charge is 2.08. The number of ether oxygens (including phenoxy) is 1. The average Bonchev–Trinajstić information content (AvgIpc) is 3.22. The van der Waals surface area contributed by atoms with Crippen molar-refractivity contribution in [3.05, 3.63) is 78.3 Å². The Morgan fingerprint density at radius 1 is 1.07 bits per heavy atom. The molecule has 1 amide bonds. The van der Waals surface area contributed by atoms with Gasteiger partial charge in [-0.25, -0.2) is 4.99 Å². The molecule has 3 rings (SSSR count). The lowest BCUT2D eigenvalue weighted by molar-refractivity contribution is 0.0996. The standard InChI is InChI=1S/C20H20N4O3/c1-26-17-5-2-4-16(12-17)24-20(21)22-13-14-7-9-15(10-8-14)23-19(25)18-6-3-11-27-18/h2-12H,13H2,1H3,(H,23,25)(H3,21,22,24). The molecule has 0 saturated carbocycles. The van der Waals surface area contributed by atoms with Crippen molar-refractivity contribution >= 4 is 23.2 Å². The molecule has 0 radical (unpaired) electrons. The van der Waals surface area contributed by atoms with E-state index in [9.17, 15) is 4.79 Å². The van der Waals surface area contributed by atoms with E-state index in [1.165, 1.54) is 6.26 Å². The van der Waals surface area contributed by atoms with Crippen LogP contribution in [0.4, 0.5) is 11.4 Å². The van der Waals surface area contributed by atoms with Crippen LogP contribution in [0.1, 0.15) is 16.1 Å². The molecule has 1 aromatic heterocycles. The molecule has 138 valence electrons. The summed E-state index contributed by atoms with van der Waals surface area (Å²) < 4.78 is 10.2. The molecule has 7 nitrogen and oxygen atoms in total. The molecule has 0 fully saturated rings. The lowest BCUT2D eigenvalue weighted by Gasteiger charge is -2.08. The number of methoxy groups -OCH3 is 1. The summed E-state index contributed by atoms with van der Waals surface area (Å²) in [6.45, 7) is 0.412. The van der Waals surface area contributed by atoms with Gasteiger partial charge in [0.15, 0.2) is 11.7 Å². The molecule has 27 heavy (non-hydrogen) atoms. The Balaban J connectivity index is 1.55. The number of nitrogens with two attached hydrogens (primary N) is 1. The smallest absolute Gasteiger partial charge is 0.291 e. The van der Waals surface area contributed by atoms with Crippen molar-refractivity contribution in [3.8, 4) is 5.75 Å². The van der Waals surface area contributed by atoms with Crippen LogP contribution in [0.3, 0.4) is 0 Å². The number of rotatable bonds is 6. The first-order valence-corrected chi connectivity index (χ1v) is 8.29. The number of nitrogens with one attached hydrogen (secondary N) is 2. The molecule has 0 atom stereocenters. The van der Waals surface area contributed by atoms with E-state index in [1.807, 2.05) is 36.4 Å². The zero-order valence-corrected chi connectivity index (χ0v) is 14.8. The number of benzene rings is 2. The van der Waals surface area contributed by atoms with Gasteiger partial charge >= 0.3 is 0 Å². The summed E-state index contributed by atoms with van der Waals surface area (Å²) in [5.41, 5.74) is 8.36. The van der Waals surface area contributed by atoms with Gasteiger partial charge in [0.05, 0.1) is 19.9 Å². The Morgan fingerprint density at radius 2 is 1.89 bits per heavy atom. The van der Waals surface area contributed by atoms with Gasteiger partial charge in [-0.1, -0.05) is 18.2 Å². The van der Waals surface area contributed by atoms with Crippen LogP contribution in [0.15, 0.2) is 76.3 Å². The lowest BCUT2D eigenvalue weighted by atomic mass is 10.2. The fourth-order valence-corrected chi connectivity index (χ4v) is 2.36. The maximum Gasteiger partial charge on any atom is 0.291 e. The number of amides is 1. The van der Waals surface area contributed by atoms with Crippen LogP contribution in [0.2, 0.25) is 0 Å². The molecule has 0 bridgehead atoms. The summed E-state index contributed by atoms with van der Waals surface area (Å²) in [4.78, 5) is 16.3. The fourth-order valence-electron chi connectivity index (χ4n) is 2.36. The van der Waals surface area contributed by atoms with Crippen LogP contribution >= 0.6 is 0 Å². The molecule has 7 heteroatoms. The molecule has 0 unspecified atom stereocenters. The monoisotopic (exact) mass is 364 g/mol. The summed E-state index contributed by atoms with van der Waals surface area (Å²) in [6, 6.07) is 18.1. The third kappa shape index (κ3) is 5.12. The number of carbonyl (C=O) groups is 1. The molecule has 1 heterocycles. The maximum absolute atomic E-state index is 11.9. The van der Waals surface area contributed by atoms with Crippen LogP contribution in [-0.4, -0.2) is 19.0 Å². The van der Waals surface area contributed by atoms with Gasteiger partial charge in [0.1, 0.15) is 5.75 Å². The van der Waals surface area contributed by atoms with Gasteiger partial charge < -0.3 is 25.5 Å². The topological polar surface area (TPSA) is 102 Å². The second-order valence-electron chi connectivity index (χ2n) is 5.69. The van der Waals surface area contributed by atoms with Crippen molar-refractivity contribution in [2.45, 2.75) is 6.54 Å². The number of nitrogens with zero attached hydrogens (tertiary/aromatic N) is 1. The molecule has 0 spiro atoms. The number of carbonyl (C=O) groups excluding carboxylic acids is 1. The highest BCUT2D eigenvalue weighted by Crippen LogP contribution is 2.16. The van der Waals surface area contributed by atoms with Crippen LogP contribution in [0.25, 0.3) is 0 Å². The third-order valence-corrected chi connectivity index (χ3v) is 3.73. The molecule has 0 aliphatic heterocycles. The van der Waals surface area contributed by atoms with Crippen molar-refractivity contribution in [1.29, 1.82) is 0 Å². The normalized spacial score (nSPS) is 11.1. The van der Waals surface area contributed by atoms with Crippen molar-refractivity contribution in [1.82, 2.24) is 0 Å². The van der Waals surface area contributed by atoms with Crippen molar-refractivity contribution in [2.24, 2.45) is 10.7 Å². The quantitative estimate of drug-likeness (QED) is 0.459. The molecule has 0 aliphatic rings. The maximum atomic E-state index is 11.9. The van der Waals surface area contributed by atoms with Crippen LogP contribution in [0, 0.1) is 0 Å². The van der Waals surface area contributed by atoms with E-state index in [0.29, 0.717) is 18.2 Å². The number of anilines is 2. The summed E-state index contributed by atoms with van der Waals surface area (Å²) in [6.07, 6.45) is 1.46. The van der Waals surface area contributed by atoms with Gasteiger partial charge in [-0.15, -0.1) is 0 Å². The first-order chi connectivity index (χ1) is 13.1. The van der Waals surface area contributed by atoms with Crippen molar-refractivity contribution < 1.29 is 13.9 Å². The van der Waals surface area contributed by atoms with E-state index in [0.717, 1.165) is 17.0 Å². The predicted molar refractivity (Wildman–Crippen MR) is 105 cm³/mol. The number of furan rings is 1. The molecule has 0 saturated heterocycles. The van der Waals surface area contributed by atoms with Crippen LogP contribution < -0.4 is 21.1 Å². The summed E-state index contributed by atoms with van der Waals surface area (Å²) in [5, 5.41) is 5.78. The highest BCUT2D eigenvalue weighted by molar-refractivity contribution is 6.02. The highest BCUT2D eigenvalue weighted by atomic mass is 16.5. The number of hydrogen-bond acceptors (Lipinski definition) is 4. The minimum absolute atomic E-state index is 0.264. The fraction of sp³-hybridized carbons (Fsp3) is 0.100. The summed E-state index contributed by atoms with van der Waals surface area (Å²) in [7, 11) is 1.61. The first kappa shape index (κ1) is 18.1. The first-order valence-electron chi connectivity index (χ1n) is 8.29. The van der Waals surface area contributed by atoms with Gasteiger partial charge in [0, 0.05) is 17.4 Å². The van der Waals surface area contributed by atoms with E-state index in [1.54, 1.807) is 31.4 Å². The van der Waals surface area contributed by atoms with Gasteiger partial charge in [-0.3, -0.25) is 4.79 Å². The largest absolute Gasteiger partial charge is 0.497 e. The minimum Gasteiger partial charge on any atom is -0.497 e. The summed E-state index contributed by atoms with van der Waals surface area (Å²) >= 11 is 0. The van der Waals surface area contributed by atoms with Crippen LogP contribution in [-0.2, 0) is 6.54 Å². The minimum atomic E-state index is -0.294. The van der Waals surface area contributed by atoms with Crippen molar-refractivity contribution in [2.75, 3.05) is 17.7 Å². The van der Waals surface area contributed by atoms with Gasteiger partial charge in [-0.2, -0.15) is 0 Å². The molecular weight excluding hydrogens is 344 g/mol. The van der Waals surface area contributed by atoms with E-state index in [4.69, 9.17) is 14.9 Å². The van der Waals surface area contributed by atoms with E-state index in [2.05, 4.69) is 15.6 Å². The molecule has 4 N–H and O–H groups in total. The Kier molecular flexibility index (Phi) is 5.73. The molecule has 2 aromatic carbocycles. The Hall–Kier alpha value is -3.74.